The Labute approximate surface area is 191 Å². The molecule has 8 nitrogen and oxygen atoms in total. The maximum atomic E-state index is 13.8. The second-order valence-electron chi connectivity index (χ2n) is 8.36. The van der Waals surface area contributed by atoms with Gasteiger partial charge < -0.3 is 14.6 Å². The van der Waals surface area contributed by atoms with Crippen LogP contribution in [0.1, 0.15) is 18.1 Å². The molecule has 11 heteroatoms. The quantitative estimate of drug-likeness (QED) is 0.495. The van der Waals surface area contributed by atoms with E-state index in [0.29, 0.717) is 27.5 Å². The molecule has 4 aromatic rings. The number of amides is 1. The summed E-state index contributed by atoms with van der Waals surface area (Å²) in [7, 11) is 0. The van der Waals surface area contributed by atoms with Gasteiger partial charge in [-0.1, -0.05) is 23.7 Å². The van der Waals surface area contributed by atoms with Crippen LogP contribution in [0.25, 0.3) is 17.2 Å². The van der Waals surface area contributed by atoms with E-state index in [-0.39, 0.29) is 23.4 Å². The molecule has 1 saturated heterocycles. The molecule has 5 heterocycles. The number of imidazole rings is 1. The number of carbonyl (C=O) groups is 1. The van der Waals surface area contributed by atoms with Crippen LogP contribution in [0.2, 0.25) is 5.02 Å². The first-order valence-electron chi connectivity index (χ1n) is 10.2. The topological polar surface area (TPSA) is 88.3 Å². The molecule has 1 fully saturated rings. The number of fused-ring (bicyclic) bond motifs is 2. The van der Waals surface area contributed by atoms with Gasteiger partial charge in [0.25, 0.3) is 5.92 Å². The van der Waals surface area contributed by atoms with Gasteiger partial charge in [0, 0.05) is 23.6 Å². The van der Waals surface area contributed by atoms with Crippen molar-refractivity contribution in [2.45, 2.75) is 18.3 Å². The fourth-order valence-electron chi connectivity index (χ4n) is 4.35. The lowest BCUT2D eigenvalue weighted by Gasteiger charge is -2.41. The Bertz CT molecular complexity index is 1430. The van der Waals surface area contributed by atoms with Crippen molar-refractivity contribution in [3.63, 3.8) is 0 Å². The van der Waals surface area contributed by atoms with Crippen molar-refractivity contribution in [3.8, 4) is 11.5 Å². The van der Waals surface area contributed by atoms with Crippen LogP contribution < -0.4 is 10.2 Å². The Kier molecular flexibility index (Phi) is 4.04. The van der Waals surface area contributed by atoms with Gasteiger partial charge >= 0.3 is 0 Å². The number of alkyl halides is 2. The van der Waals surface area contributed by atoms with Crippen LogP contribution >= 0.6 is 11.6 Å². The summed E-state index contributed by atoms with van der Waals surface area (Å²) in [5, 5.41) is 3.35. The molecule has 2 aliphatic heterocycles. The second-order valence-corrected chi connectivity index (χ2v) is 8.79. The van der Waals surface area contributed by atoms with Crippen LogP contribution in [0.4, 0.5) is 20.4 Å². The van der Waals surface area contributed by atoms with E-state index < -0.39 is 24.4 Å². The monoisotopic (exact) mass is 467 g/mol. The molecule has 166 valence electrons. The van der Waals surface area contributed by atoms with E-state index >= 15 is 0 Å². The van der Waals surface area contributed by atoms with E-state index in [1.807, 2.05) is 0 Å². The van der Waals surface area contributed by atoms with Gasteiger partial charge in [0.1, 0.15) is 22.7 Å². The standard InChI is InChI=1S/C22H16ClF2N7O/c1-21(12-2-4-13(23)5-3-12)16-18(30-20(21)33)28-17(29-19(16)32-10-22(24,25)11-32)14-9-31-7-6-26-15(31)8-27-14/h2-9H,10-11H2,1H3,(H,28,29,30,33). The highest BCUT2D eigenvalue weighted by Crippen LogP contribution is 2.48. The highest BCUT2D eigenvalue weighted by Gasteiger charge is 2.52. The predicted molar refractivity (Wildman–Crippen MR) is 118 cm³/mol. The van der Waals surface area contributed by atoms with Gasteiger partial charge in [0.05, 0.1) is 24.8 Å². The van der Waals surface area contributed by atoms with Crippen molar-refractivity contribution in [2.24, 2.45) is 0 Å². The number of halogens is 3. The molecule has 0 aliphatic carbocycles. The summed E-state index contributed by atoms with van der Waals surface area (Å²) in [6.07, 6.45) is 6.66. The molecule has 6 rings (SSSR count). The first-order chi connectivity index (χ1) is 15.7. The third kappa shape index (κ3) is 2.97. The molecular weight excluding hydrogens is 452 g/mol. The number of nitrogens with zero attached hydrogens (tertiary/aromatic N) is 6. The minimum Gasteiger partial charge on any atom is -0.344 e. The van der Waals surface area contributed by atoms with Gasteiger partial charge in [-0.05, 0) is 24.6 Å². The zero-order chi connectivity index (χ0) is 23.0. The predicted octanol–water partition coefficient (Wildman–Crippen LogP) is 3.55. The van der Waals surface area contributed by atoms with E-state index in [9.17, 15) is 13.6 Å². The van der Waals surface area contributed by atoms with Crippen molar-refractivity contribution in [1.82, 2.24) is 24.3 Å². The molecule has 0 bridgehead atoms. The molecule has 1 unspecified atom stereocenters. The molecule has 0 spiro atoms. The van der Waals surface area contributed by atoms with Gasteiger partial charge in [0.15, 0.2) is 11.5 Å². The maximum Gasteiger partial charge on any atom is 0.282 e. The Morgan fingerprint density at radius 3 is 2.61 bits per heavy atom. The van der Waals surface area contributed by atoms with Crippen LogP contribution in [-0.4, -0.2) is 49.3 Å². The molecule has 2 aliphatic rings. The fraction of sp³-hybridized carbons (Fsp3) is 0.227. The van der Waals surface area contributed by atoms with Crippen molar-refractivity contribution >= 4 is 34.8 Å². The van der Waals surface area contributed by atoms with Gasteiger partial charge in [-0.25, -0.2) is 28.7 Å². The minimum atomic E-state index is -2.82. The van der Waals surface area contributed by atoms with E-state index in [2.05, 4.69) is 25.3 Å². The molecular formula is C22H16ClF2N7O. The molecule has 1 N–H and O–H groups in total. The number of hydrogen-bond acceptors (Lipinski definition) is 6. The highest BCUT2D eigenvalue weighted by molar-refractivity contribution is 6.30. The van der Waals surface area contributed by atoms with E-state index in [4.69, 9.17) is 11.6 Å². The van der Waals surface area contributed by atoms with E-state index in [1.54, 1.807) is 60.4 Å². The zero-order valence-electron chi connectivity index (χ0n) is 17.3. The number of aromatic nitrogens is 5. The third-order valence-electron chi connectivity index (χ3n) is 6.15. The maximum absolute atomic E-state index is 13.8. The Morgan fingerprint density at radius 1 is 1.12 bits per heavy atom. The highest BCUT2D eigenvalue weighted by atomic mass is 35.5. The van der Waals surface area contributed by atoms with Crippen LogP contribution in [0.3, 0.4) is 0 Å². The molecule has 1 aromatic carbocycles. The molecule has 0 saturated carbocycles. The number of benzene rings is 1. The zero-order valence-corrected chi connectivity index (χ0v) is 18.0. The van der Waals surface area contributed by atoms with Gasteiger partial charge in [-0.3, -0.25) is 4.79 Å². The summed E-state index contributed by atoms with van der Waals surface area (Å²) >= 11 is 6.04. The Morgan fingerprint density at radius 2 is 1.88 bits per heavy atom. The molecule has 0 radical (unpaired) electrons. The van der Waals surface area contributed by atoms with Crippen LogP contribution in [0, 0.1) is 0 Å². The third-order valence-corrected chi connectivity index (χ3v) is 6.40. The number of nitrogens with one attached hydrogen (secondary N) is 1. The second kappa shape index (κ2) is 6.67. The Balaban J connectivity index is 1.55. The van der Waals surface area contributed by atoms with Crippen molar-refractivity contribution in [2.75, 3.05) is 23.3 Å². The van der Waals surface area contributed by atoms with Crippen LogP contribution in [-0.2, 0) is 10.2 Å². The number of hydrogen-bond donors (Lipinski definition) is 1. The van der Waals surface area contributed by atoms with Gasteiger partial charge in [-0.2, -0.15) is 0 Å². The van der Waals surface area contributed by atoms with Gasteiger partial charge in [0.2, 0.25) is 5.91 Å². The van der Waals surface area contributed by atoms with E-state index in [0.717, 1.165) is 0 Å². The summed E-state index contributed by atoms with van der Waals surface area (Å²) < 4.78 is 29.4. The summed E-state index contributed by atoms with van der Waals surface area (Å²) in [4.78, 5) is 32.4. The van der Waals surface area contributed by atoms with Crippen LogP contribution in [0.5, 0.6) is 0 Å². The largest absolute Gasteiger partial charge is 0.344 e. The average molecular weight is 468 g/mol. The lowest BCUT2D eigenvalue weighted by molar-refractivity contribution is -0.119. The first-order valence-corrected chi connectivity index (χ1v) is 10.5. The number of carbonyl (C=O) groups excluding carboxylic acids is 1. The molecule has 3 aromatic heterocycles. The minimum absolute atomic E-state index is 0.218. The van der Waals surface area contributed by atoms with Crippen molar-refractivity contribution < 1.29 is 13.6 Å². The summed E-state index contributed by atoms with van der Waals surface area (Å²) in [6, 6.07) is 6.86. The molecule has 1 atom stereocenters. The fourth-order valence-corrected chi connectivity index (χ4v) is 4.48. The lowest BCUT2D eigenvalue weighted by atomic mass is 9.77. The number of anilines is 2. The van der Waals surface area contributed by atoms with Gasteiger partial charge in [-0.15, -0.1) is 0 Å². The number of rotatable bonds is 3. The SMILES string of the molecule is CC1(c2ccc(Cl)cc2)C(=O)Nc2nc(-c3cn4ccnc4cn3)nc(N3CC(F)(F)C3)c21. The van der Waals surface area contributed by atoms with Crippen molar-refractivity contribution in [3.05, 3.63) is 65.2 Å². The lowest BCUT2D eigenvalue weighted by Crippen LogP contribution is -2.57. The summed E-state index contributed by atoms with van der Waals surface area (Å²) in [5.74, 6) is -2.36. The Hall–Kier alpha value is -3.66. The van der Waals surface area contributed by atoms with E-state index in [1.165, 1.54) is 4.90 Å². The van der Waals surface area contributed by atoms with Crippen molar-refractivity contribution in [1.29, 1.82) is 0 Å². The van der Waals surface area contributed by atoms with Crippen LogP contribution in [0.15, 0.2) is 49.1 Å². The summed E-state index contributed by atoms with van der Waals surface area (Å²) in [6.45, 7) is 0.751. The smallest absolute Gasteiger partial charge is 0.282 e. The molecule has 33 heavy (non-hydrogen) atoms. The molecule has 1 amide bonds. The normalized spacial score (nSPS) is 21.1. The average Bonchev–Trinajstić information content (AvgIpc) is 3.34. The first kappa shape index (κ1) is 20.0. The summed E-state index contributed by atoms with van der Waals surface area (Å²) in [5.41, 5.74) is 1.00.